The van der Waals surface area contributed by atoms with Gasteiger partial charge in [0.25, 0.3) is 0 Å². The van der Waals surface area contributed by atoms with Crippen LogP contribution in [0.4, 0.5) is 5.13 Å². The molecule has 0 aliphatic carbocycles. The summed E-state index contributed by atoms with van der Waals surface area (Å²) in [6, 6.07) is 0. The van der Waals surface area contributed by atoms with Gasteiger partial charge in [-0.15, -0.1) is 0 Å². The maximum absolute atomic E-state index is 4.26. The molecule has 2 rings (SSSR count). The van der Waals surface area contributed by atoms with Crippen molar-refractivity contribution in [2.75, 3.05) is 5.32 Å². The molecule has 0 aliphatic heterocycles. The maximum atomic E-state index is 4.26. The number of aryl methyl sites for hydroxylation is 2. The quantitative estimate of drug-likeness (QED) is 0.825. The summed E-state index contributed by atoms with van der Waals surface area (Å²) in [6.45, 7) is 2.74. The normalized spacial score (nSPS) is 10.4. The lowest BCUT2D eigenvalue weighted by Crippen LogP contribution is -1.98. The topological polar surface area (TPSA) is 55.6 Å². The Morgan fingerprint density at radius 2 is 2.43 bits per heavy atom. The Bertz CT molecular complexity index is 405. The summed E-state index contributed by atoms with van der Waals surface area (Å²) in [5.41, 5.74) is 2.23. The van der Waals surface area contributed by atoms with Crippen LogP contribution in [0.3, 0.4) is 0 Å². The lowest BCUT2D eigenvalue weighted by Gasteiger charge is -1.98. The third kappa shape index (κ3) is 1.90. The molecule has 2 aromatic heterocycles. The standard InChI is InChI=1S/C8H11N5S/c1-6-7(4-13(2)12-6)3-9-8-10-5-11-14-8/h4-5H,3H2,1-2H3,(H,9,10,11). The first kappa shape index (κ1) is 9.14. The van der Waals surface area contributed by atoms with Crippen molar-refractivity contribution < 1.29 is 0 Å². The first-order valence-corrected chi connectivity index (χ1v) is 5.02. The van der Waals surface area contributed by atoms with Crippen molar-refractivity contribution in [2.24, 2.45) is 7.05 Å². The number of rotatable bonds is 3. The molecule has 2 heterocycles. The molecule has 74 valence electrons. The highest BCUT2D eigenvalue weighted by Gasteiger charge is 2.03. The fraction of sp³-hybridized carbons (Fsp3) is 0.375. The Hall–Kier alpha value is -1.43. The molecule has 2 aromatic rings. The van der Waals surface area contributed by atoms with Crippen LogP contribution in [0.25, 0.3) is 0 Å². The van der Waals surface area contributed by atoms with Crippen molar-refractivity contribution in [2.45, 2.75) is 13.5 Å². The summed E-state index contributed by atoms with van der Waals surface area (Å²) in [5.74, 6) is 0. The summed E-state index contributed by atoms with van der Waals surface area (Å²) in [7, 11) is 1.92. The van der Waals surface area contributed by atoms with Crippen LogP contribution in [0.5, 0.6) is 0 Å². The van der Waals surface area contributed by atoms with E-state index in [2.05, 4.69) is 19.8 Å². The van der Waals surface area contributed by atoms with E-state index in [9.17, 15) is 0 Å². The van der Waals surface area contributed by atoms with Crippen molar-refractivity contribution >= 4 is 16.7 Å². The third-order valence-electron chi connectivity index (χ3n) is 1.91. The zero-order chi connectivity index (χ0) is 9.97. The van der Waals surface area contributed by atoms with Gasteiger partial charge in [0.1, 0.15) is 6.33 Å². The van der Waals surface area contributed by atoms with Gasteiger partial charge in [0, 0.05) is 36.9 Å². The highest BCUT2D eigenvalue weighted by atomic mass is 32.1. The van der Waals surface area contributed by atoms with E-state index in [1.165, 1.54) is 17.1 Å². The van der Waals surface area contributed by atoms with E-state index in [0.717, 1.165) is 17.4 Å². The Balaban J connectivity index is 2.01. The van der Waals surface area contributed by atoms with Gasteiger partial charge in [0.15, 0.2) is 0 Å². The molecule has 0 saturated carbocycles. The zero-order valence-electron chi connectivity index (χ0n) is 8.06. The molecule has 0 bridgehead atoms. The first-order chi connectivity index (χ1) is 6.75. The average molecular weight is 209 g/mol. The lowest BCUT2D eigenvalue weighted by atomic mass is 10.3. The van der Waals surface area contributed by atoms with Crippen molar-refractivity contribution in [1.29, 1.82) is 0 Å². The zero-order valence-corrected chi connectivity index (χ0v) is 8.88. The number of anilines is 1. The van der Waals surface area contributed by atoms with E-state index >= 15 is 0 Å². The summed E-state index contributed by atoms with van der Waals surface area (Å²) in [6.07, 6.45) is 3.55. The number of hydrogen-bond donors (Lipinski definition) is 1. The van der Waals surface area contributed by atoms with Gasteiger partial charge in [-0.25, -0.2) is 4.98 Å². The molecule has 0 amide bonds. The maximum Gasteiger partial charge on any atom is 0.202 e. The van der Waals surface area contributed by atoms with Crippen LogP contribution in [-0.4, -0.2) is 19.1 Å². The number of nitrogens with zero attached hydrogens (tertiary/aromatic N) is 4. The fourth-order valence-electron chi connectivity index (χ4n) is 1.24. The molecular formula is C8H11N5S. The molecule has 0 saturated heterocycles. The molecule has 0 fully saturated rings. The van der Waals surface area contributed by atoms with Gasteiger partial charge in [0.05, 0.1) is 5.69 Å². The van der Waals surface area contributed by atoms with Crippen LogP contribution in [-0.2, 0) is 13.6 Å². The molecule has 0 spiro atoms. The molecule has 0 unspecified atom stereocenters. The molecule has 14 heavy (non-hydrogen) atoms. The van der Waals surface area contributed by atoms with E-state index in [1.54, 1.807) is 6.33 Å². The van der Waals surface area contributed by atoms with Crippen molar-refractivity contribution in [1.82, 2.24) is 19.1 Å². The Morgan fingerprint density at radius 3 is 3.00 bits per heavy atom. The van der Waals surface area contributed by atoms with Gasteiger partial charge in [-0.05, 0) is 6.92 Å². The molecule has 0 aliphatic rings. The van der Waals surface area contributed by atoms with Crippen LogP contribution < -0.4 is 5.32 Å². The van der Waals surface area contributed by atoms with Crippen LogP contribution in [0.1, 0.15) is 11.3 Å². The summed E-state index contributed by atoms with van der Waals surface area (Å²) >= 11 is 1.36. The van der Waals surface area contributed by atoms with Gasteiger partial charge in [-0.3, -0.25) is 4.68 Å². The largest absolute Gasteiger partial charge is 0.356 e. The second kappa shape index (κ2) is 3.75. The summed E-state index contributed by atoms with van der Waals surface area (Å²) in [5, 5.41) is 8.28. The summed E-state index contributed by atoms with van der Waals surface area (Å²) < 4.78 is 5.72. The van der Waals surface area contributed by atoms with Crippen LogP contribution in [0.15, 0.2) is 12.5 Å². The highest BCUT2D eigenvalue weighted by Crippen LogP contribution is 2.10. The van der Waals surface area contributed by atoms with Gasteiger partial charge in [0.2, 0.25) is 5.13 Å². The fourth-order valence-corrected chi connectivity index (χ4v) is 1.67. The number of hydrogen-bond acceptors (Lipinski definition) is 5. The highest BCUT2D eigenvalue weighted by molar-refractivity contribution is 7.09. The SMILES string of the molecule is Cc1nn(C)cc1CNc1ncns1. The Morgan fingerprint density at radius 1 is 1.57 bits per heavy atom. The monoisotopic (exact) mass is 209 g/mol. The molecular weight excluding hydrogens is 198 g/mol. The van der Waals surface area contributed by atoms with E-state index in [4.69, 9.17) is 0 Å². The van der Waals surface area contributed by atoms with Gasteiger partial charge >= 0.3 is 0 Å². The minimum atomic E-state index is 0.745. The van der Waals surface area contributed by atoms with Crippen LogP contribution in [0.2, 0.25) is 0 Å². The van der Waals surface area contributed by atoms with Crippen LogP contribution >= 0.6 is 11.5 Å². The predicted molar refractivity (Wildman–Crippen MR) is 55.2 cm³/mol. The number of aromatic nitrogens is 4. The van der Waals surface area contributed by atoms with Gasteiger partial charge < -0.3 is 5.32 Å². The third-order valence-corrected chi connectivity index (χ3v) is 2.53. The van der Waals surface area contributed by atoms with Crippen molar-refractivity contribution in [3.63, 3.8) is 0 Å². The Labute approximate surface area is 86.0 Å². The second-order valence-corrected chi connectivity index (χ2v) is 3.79. The summed E-state index contributed by atoms with van der Waals surface area (Å²) in [4.78, 5) is 4.04. The van der Waals surface area contributed by atoms with E-state index in [1.807, 2.05) is 24.9 Å². The molecule has 0 atom stereocenters. The molecule has 6 heteroatoms. The minimum Gasteiger partial charge on any atom is -0.356 e. The number of nitrogens with one attached hydrogen (secondary N) is 1. The molecule has 5 nitrogen and oxygen atoms in total. The molecule has 0 radical (unpaired) electrons. The van der Waals surface area contributed by atoms with Gasteiger partial charge in [-0.1, -0.05) is 0 Å². The predicted octanol–water partition coefficient (Wildman–Crippen LogP) is 1.19. The first-order valence-electron chi connectivity index (χ1n) is 4.25. The van der Waals surface area contributed by atoms with Crippen molar-refractivity contribution in [3.05, 3.63) is 23.8 Å². The minimum absolute atomic E-state index is 0.745. The van der Waals surface area contributed by atoms with Crippen molar-refractivity contribution in [3.8, 4) is 0 Å². The average Bonchev–Trinajstić information content (AvgIpc) is 2.72. The molecule has 1 N–H and O–H groups in total. The van der Waals surface area contributed by atoms with E-state index < -0.39 is 0 Å². The van der Waals surface area contributed by atoms with E-state index in [-0.39, 0.29) is 0 Å². The van der Waals surface area contributed by atoms with E-state index in [0.29, 0.717) is 0 Å². The second-order valence-electron chi connectivity index (χ2n) is 3.01. The lowest BCUT2D eigenvalue weighted by molar-refractivity contribution is 0.756. The smallest absolute Gasteiger partial charge is 0.202 e. The van der Waals surface area contributed by atoms with Gasteiger partial charge in [-0.2, -0.15) is 9.47 Å². The molecule has 0 aromatic carbocycles. The Kier molecular flexibility index (Phi) is 2.45. The van der Waals surface area contributed by atoms with Crippen LogP contribution in [0, 0.1) is 6.92 Å².